The summed E-state index contributed by atoms with van der Waals surface area (Å²) < 4.78 is 4.99. The molecule has 0 saturated carbocycles. The average molecular weight is 343 g/mol. The monoisotopic (exact) mass is 343 g/mol. The average Bonchev–Trinajstić information content (AvgIpc) is 3.01. The molecule has 1 aromatic heterocycles. The fourth-order valence-electron chi connectivity index (χ4n) is 1.62. The Labute approximate surface area is 136 Å². The second-order valence-corrected chi connectivity index (χ2v) is 5.74. The van der Waals surface area contributed by atoms with Crippen molar-refractivity contribution in [1.82, 2.24) is 5.48 Å². The zero-order valence-corrected chi connectivity index (χ0v) is 13.3. The molecule has 0 aromatic carbocycles. The molecule has 0 spiro atoms. The van der Waals surface area contributed by atoms with Gasteiger partial charge in [0, 0.05) is 24.3 Å². The molecule has 1 heterocycles. The number of carboxylic acids is 1. The zero-order chi connectivity index (χ0) is 17.2. The van der Waals surface area contributed by atoms with E-state index >= 15 is 0 Å². The van der Waals surface area contributed by atoms with E-state index in [-0.39, 0.29) is 30.1 Å². The molecule has 1 atom stereocenters. The van der Waals surface area contributed by atoms with Crippen molar-refractivity contribution in [3.8, 4) is 0 Å². The molecule has 0 aliphatic rings. The predicted octanol–water partition coefficient (Wildman–Crippen LogP) is 1.27. The molecule has 1 amide bonds. The molecule has 0 fully saturated rings. The van der Waals surface area contributed by atoms with Crippen LogP contribution in [0, 0.1) is 5.92 Å². The van der Waals surface area contributed by atoms with Crippen molar-refractivity contribution in [1.29, 1.82) is 0 Å². The first-order valence-corrected chi connectivity index (χ1v) is 7.89. The fourth-order valence-corrected chi connectivity index (χ4v) is 2.65. The molecule has 1 rings (SSSR count). The molecule has 9 heteroatoms. The third-order valence-electron chi connectivity index (χ3n) is 2.63. The number of rotatable bonds is 9. The van der Waals surface area contributed by atoms with Crippen molar-refractivity contribution < 1.29 is 33.5 Å². The van der Waals surface area contributed by atoms with Gasteiger partial charge in [0.1, 0.15) is 0 Å². The number of aliphatic carboxylic acids is 1. The van der Waals surface area contributed by atoms with E-state index in [4.69, 9.17) is 9.52 Å². The molecular formula is C14H17NO7S. The summed E-state index contributed by atoms with van der Waals surface area (Å²) in [5.74, 6) is -2.63. The van der Waals surface area contributed by atoms with Crippen LogP contribution in [0.2, 0.25) is 0 Å². The van der Waals surface area contributed by atoms with Crippen LogP contribution in [-0.4, -0.2) is 40.2 Å². The van der Waals surface area contributed by atoms with E-state index in [1.807, 2.05) is 5.48 Å². The maximum Gasteiger partial charge on any atom is 0.333 e. The Morgan fingerprint density at radius 3 is 2.70 bits per heavy atom. The van der Waals surface area contributed by atoms with E-state index in [0.29, 0.717) is 5.75 Å². The van der Waals surface area contributed by atoms with E-state index in [1.54, 1.807) is 6.07 Å². The first-order chi connectivity index (χ1) is 10.9. The highest BCUT2D eigenvalue weighted by atomic mass is 32.2. The molecule has 0 aliphatic carbocycles. The fraction of sp³-hybridized carbons (Fsp3) is 0.429. The van der Waals surface area contributed by atoms with Gasteiger partial charge in [-0.3, -0.25) is 14.4 Å². The second kappa shape index (κ2) is 9.67. The maximum atomic E-state index is 12.1. The Hall–Kier alpha value is -2.29. The van der Waals surface area contributed by atoms with Gasteiger partial charge in [0.25, 0.3) is 0 Å². The number of carbonyl (C=O) groups excluding carboxylic acids is 3. The van der Waals surface area contributed by atoms with Crippen molar-refractivity contribution in [2.75, 3.05) is 11.5 Å². The molecule has 0 unspecified atom stereocenters. The predicted molar refractivity (Wildman–Crippen MR) is 80.6 cm³/mol. The highest BCUT2D eigenvalue weighted by Crippen LogP contribution is 2.19. The molecule has 0 bridgehead atoms. The molecule has 23 heavy (non-hydrogen) atoms. The van der Waals surface area contributed by atoms with Crippen molar-refractivity contribution >= 4 is 35.4 Å². The van der Waals surface area contributed by atoms with Crippen molar-refractivity contribution in [2.24, 2.45) is 5.92 Å². The lowest BCUT2D eigenvalue weighted by Crippen LogP contribution is -2.24. The number of hydroxylamine groups is 1. The summed E-state index contributed by atoms with van der Waals surface area (Å²) >= 11 is 1.25. The molecular weight excluding hydrogens is 326 g/mol. The lowest BCUT2D eigenvalue weighted by Gasteiger charge is -2.11. The molecule has 126 valence electrons. The number of hydrogen-bond donors (Lipinski definition) is 2. The first-order valence-electron chi connectivity index (χ1n) is 6.73. The second-order valence-electron chi connectivity index (χ2n) is 4.59. The van der Waals surface area contributed by atoms with Gasteiger partial charge in [-0.1, -0.05) is 0 Å². The number of carboxylic acid groups (broad SMARTS) is 1. The summed E-state index contributed by atoms with van der Waals surface area (Å²) in [6.07, 6.45) is 1.05. The van der Waals surface area contributed by atoms with Crippen LogP contribution in [0.3, 0.4) is 0 Å². The summed E-state index contributed by atoms with van der Waals surface area (Å²) in [6, 6.07) is 3.03. The Balaban J connectivity index is 2.40. The topological polar surface area (TPSA) is 123 Å². The molecule has 8 nitrogen and oxygen atoms in total. The summed E-state index contributed by atoms with van der Waals surface area (Å²) in [5, 5.41) is 8.89. The van der Waals surface area contributed by atoms with E-state index < -0.39 is 23.8 Å². The lowest BCUT2D eigenvalue weighted by atomic mass is 10.0. The van der Waals surface area contributed by atoms with Crippen LogP contribution in [-0.2, 0) is 19.2 Å². The van der Waals surface area contributed by atoms with E-state index in [2.05, 4.69) is 4.84 Å². The summed E-state index contributed by atoms with van der Waals surface area (Å²) in [7, 11) is 0. The van der Waals surface area contributed by atoms with Gasteiger partial charge in [-0.25, -0.2) is 4.79 Å². The number of carbonyl (C=O) groups is 4. The van der Waals surface area contributed by atoms with Crippen LogP contribution in [0.15, 0.2) is 22.8 Å². The Bertz CT molecular complexity index is 555. The Kier molecular flexibility index (Phi) is 7.89. The molecule has 0 radical (unpaired) electrons. The lowest BCUT2D eigenvalue weighted by molar-refractivity contribution is -0.157. The normalized spacial score (nSPS) is 11.5. The summed E-state index contributed by atoms with van der Waals surface area (Å²) in [4.78, 5) is 49.3. The smallest absolute Gasteiger partial charge is 0.333 e. The van der Waals surface area contributed by atoms with E-state index in [9.17, 15) is 19.2 Å². The highest BCUT2D eigenvalue weighted by Gasteiger charge is 2.25. The standard InChI is InChI=1S/C14H17NO7S/c1-9(16)15-22-13(19)4-6-23-8-10(7-12(17)18)14(20)11-3-2-5-21-11/h2-3,5,10H,4,6-8H2,1H3,(H,15,16)(H,17,18)/t10-/m0/s1. The first kappa shape index (κ1) is 18.8. The van der Waals surface area contributed by atoms with Crippen LogP contribution < -0.4 is 5.48 Å². The van der Waals surface area contributed by atoms with Gasteiger partial charge in [0.15, 0.2) is 5.76 Å². The minimum Gasteiger partial charge on any atom is -0.481 e. The molecule has 0 saturated heterocycles. The summed E-state index contributed by atoms with van der Waals surface area (Å²) in [6.45, 7) is 1.21. The van der Waals surface area contributed by atoms with Crippen LogP contribution in [0.1, 0.15) is 30.3 Å². The number of Topliss-reactive ketones (excluding diaryl/α,β-unsaturated/α-hetero) is 1. The highest BCUT2D eigenvalue weighted by molar-refractivity contribution is 7.99. The number of furan rings is 1. The SMILES string of the molecule is CC(=O)NOC(=O)CCSC[C@H](CC(=O)O)C(=O)c1ccco1. The maximum absolute atomic E-state index is 12.1. The Morgan fingerprint density at radius 2 is 2.13 bits per heavy atom. The number of ketones is 1. The van der Waals surface area contributed by atoms with Crippen LogP contribution in [0.25, 0.3) is 0 Å². The van der Waals surface area contributed by atoms with Crippen LogP contribution in [0.4, 0.5) is 0 Å². The van der Waals surface area contributed by atoms with E-state index in [0.717, 1.165) is 0 Å². The van der Waals surface area contributed by atoms with Gasteiger partial charge in [-0.2, -0.15) is 17.2 Å². The Morgan fingerprint density at radius 1 is 1.39 bits per heavy atom. The zero-order valence-electron chi connectivity index (χ0n) is 12.4. The van der Waals surface area contributed by atoms with Gasteiger partial charge >= 0.3 is 11.9 Å². The van der Waals surface area contributed by atoms with Crippen molar-refractivity contribution in [3.63, 3.8) is 0 Å². The largest absolute Gasteiger partial charge is 0.481 e. The van der Waals surface area contributed by atoms with Gasteiger partial charge in [0.2, 0.25) is 11.7 Å². The van der Waals surface area contributed by atoms with E-state index in [1.165, 1.54) is 31.0 Å². The third kappa shape index (κ3) is 7.50. The number of nitrogens with one attached hydrogen (secondary N) is 1. The third-order valence-corrected chi connectivity index (χ3v) is 3.76. The quantitative estimate of drug-likeness (QED) is 0.390. The number of amides is 1. The molecule has 1 aromatic rings. The summed E-state index contributed by atoms with van der Waals surface area (Å²) in [5.41, 5.74) is 1.92. The van der Waals surface area contributed by atoms with Gasteiger partial charge in [-0.15, -0.1) is 0 Å². The number of hydrogen-bond acceptors (Lipinski definition) is 7. The molecule has 2 N–H and O–H groups in total. The number of thioether (sulfide) groups is 1. The van der Waals surface area contributed by atoms with Gasteiger partial charge in [-0.05, 0) is 12.1 Å². The minimum absolute atomic E-state index is 0.0275. The van der Waals surface area contributed by atoms with Gasteiger partial charge in [0.05, 0.1) is 19.1 Å². The molecule has 0 aliphatic heterocycles. The van der Waals surface area contributed by atoms with Crippen LogP contribution >= 0.6 is 11.8 Å². The minimum atomic E-state index is -1.08. The van der Waals surface area contributed by atoms with Gasteiger partial charge < -0.3 is 14.4 Å². The van der Waals surface area contributed by atoms with Crippen molar-refractivity contribution in [2.45, 2.75) is 19.8 Å². The van der Waals surface area contributed by atoms with Crippen LogP contribution in [0.5, 0.6) is 0 Å². The van der Waals surface area contributed by atoms with Crippen molar-refractivity contribution in [3.05, 3.63) is 24.2 Å².